The van der Waals surface area contributed by atoms with Gasteiger partial charge in [0.25, 0.3) is 0 Å². The summed E-state index contributed by atoms with van der Waals surface area (Å²) >= 11 is 0. The number of carboxylic acids is 1. The average molecular weight is 319 g/mol. The van der Waals surface area contributed by atoms with Gasteiger partial charge in [-0.2, -0.15) is 0 Å². The number of aromatic nitrogens is 2. The van der Waals surface area contributed by atoms with Crippen molar-refractivity contribution in [3.63, 3.8) is 0 Å². The lowest BCUT2D eigenvalue weighted by molar-refractivity contribution is -0.309. The monoisotopic (exact) mass is 319 g/mol. The number of carbonyl (C=O) groups is 1. The minimum Gasteiger partial charge on any atom is -0.548 e. The van der Waals surface area contributed by atoms with E-state index in [2.05, 4.69) is 16.8 Å². The molecule has 0 aliphatic heterocycles. The van der Waals surface area contributed by atoms with Gasteiger partial charge >= 0.3 is 0 Å². The Bertz CT molecular complexity index is 931. The summed E-state index contributed by atoms with van der Waals surface area (Å²) in [7, 11) is 0. The third-order valence-corrected chi connectivity index (χ3v) is 3.44. The molecule has 0 fully saturated rings. The third-order valence-electron chi connectivity index (χ3n) is 3.44. The Morgan fingerprint density at radius 3 is 2.75 bits per heavy atom. The highest BCUT2D eigenvalue weighted by atomic mass is 16.5. The van der Waals surface area contributed by atoms with Gasteiger partial charge in [0.15, 0.2) is 0 Å². The van der Waals surface area contributed by atoms with E-state index in [1.807, 2.05) is 60.0 Å². The van der Waals surface area contributed by atoms with Gasteiger partial charge in [-0.3, -0.25) is 4.40 Å². The maximum Gasteiger partial charge on any atom is 0.138 e. The Hall–Kier alpha value is -3.10. The van der Waals surface area contributed by atoms with Crippen LogP contribution in [0.5, 0.6) is 0 Å². The normalized spacial score (nSPS) is 10.4. The summed E-state index contributed by atoms with van der Waals surface area (Å²) < 4.78 is 6.97. The molecule has 0 amide bonds. The summed E-state index contributed by atoms with van der Waals surface area (Å²) in [4.78, 5) is 15.0. The van der Waals surface area contributed by atoms with Crippen molar-refractivity contribution in [2.75, 3.05) is 6.61 Å². The van der Waals surface area contributed by atoms with Gasteiger partial charge in [0.1, 0.15) is 17.0 Å². The zero-order chi connectivity index (χ0) is 16.9. The predicted octanol–water partition coefficient (Wildman–Crippen LogP) is 1.31. The number of imidazole rings is 1. The maximum atomic E-state index is 10.5. The van der Waals surface area contributed by atoms with Crippen molar-refractivity contribution >= 4 is 11.6 Å². The number of carboxylic acid groups (broad SMARTS) is 1. The highest BCUT2D eigenvalue weighted by molar-refractivity contribution is 5.65. The first-order valence-electron chi connectivity index (χ1n) is 7.46. The summed E-state index contributed by atoms with van der Waals surface area (Å²) in [5.74, 6) is 4.97. The van der Waals surface area contributed by atoms with E-state index < -0.39 is 12.6 Å². The van der Waals surface area contributed by atoms with Crippen LogP contribution in [0.1, 0.15) is 22.5 Å². The van der Waals surface area contributed by atoms with Gasteiger partial charge in [0.2, 0.25) is 0 Å². The number of aryl methyl sites for hydroxylation is 1. The SMILES string of the molecule is Cc1ccc(C#Cc2c(COCC(=O)[O-])nc3ccccn23)cc1. The minimum atomic E-state index is -1.26. The second kappa shape index (κ2) is 6.99. The standard InChI is InChI=1S/C19H16N2O3/c1-14-5-7-15(8-6-14)9-10-17-16(12-24-13-19(22)23)20-18-4-2-3-11-21(17)18/h2-8,11H,12-13H2,1H3,(H,22,23)/p-1. The van der Waals surface area contributed by atoms with Crippen molar-refractivity contribution in [1.29, 1.82) is 0 Å². The molecule has 0 radical (unpaired) electrons. The number of pyridine rings is 1. The second-order valence-electron chi connectivity index (χ2n) is 5.32. The Labute approximate surface area is 139 Å². The van der Waals surface area contributed by atoms with Crippen LogP contribution in [0.4, 0.5) is 0 Å². The van der Waals surface area contributed by atoms with Gasteiger partial charge in [0.05, 0.1) is 19.2 Å². The van der Waals surface area contributed by atoms with Crippen LogP contribution in [-0.2, 0) is 16.1 Å². The summed E-state index contributed by atoms with van der Waals surface area (Å²) in [6.07, 6.45) is 1.86. The summed E-state index contributed by atoms with van der Waals surface area (Å²) in [6, 6.07) is 13.5. The van der Waals surface area contributed by atoms with Crippen LogP contribution in [0.25, 0.3) is 5.65 Å². The molecule has 0 aliphatic rings. The van der Waals surface area contributed by atoms with Crippen LogP contribution >= 0.6 is 0 Å². The highest BCUT2D eigenvalue weighted by Crippen LogP contribution is 2.13. The molecule has 0 spiro atoms. The van der Waals surface area contributed by atoms with Gasteiger partial charge in [-0.1, -0.05) is 29.7 Å². The van der Waals surface area contributed by atoms with Crippen molar-refractivity contribution in [2.24, 2.45) is 0 Å². The van der Waals surface area contributed by atoms with Crippen molar-refractivity contribution in [3.8, 4) is 11.8 Å². The molecule has 0 atom stereocenters. The number of carbonyl (C=O) groups excluding carboxylic acids is 1. The molecular formula is C19H15N2O3-. The van der Waals surface area contributed by atoms with Crippen molar-refractivity contribution in [2.45, 2.75) is 13.5 Å². The number of hydrogen-bond donors (Lipinski definition) is 0. The number of hydrogen-bond acceptors (Lipinski definition) is 4. The molecule has 0 bridgehead atoms. The van der Waals surface area contributed by atoms with Crippen LogP contribution in [0, 0.1) is 18.8 Å². The van der Waals surface area contributed by atoms with E-state index >= 15 is 0 Å². The molecule has 1 aromatic carbocycles. The van der Waals surface area contributed by atoms with Crippen LogP contribution in [-0.4, -0.2) is 22.0 Å². The minimum absolute atomic E-state index is 0.0631. The molecule has 5 nitrogen and oxygen atoms in total. The molecule has 5 heteroatoms. The lowest BCUT2D eigenvalue weighted by Crippen LogP contribution is -2.27. The largest absolute Gasteiger partial charge is 0.548 e. The second-order valence-corrected chi connectivity index (χ2v) is 5.32. The van der Waals surface area contributed by atoms with Crippen LogP contribution in [0.3, 0.4) is 0 Å². The fourth-order valence-electron chi connectivity index (χ4n) is 2.28. The molecule has 0 saturated heterocycles. The third kappa shape index (κ3) is 3.62. The van der Waals surface area contributed by atoms with E-state index in [4.69, 9.17) is 4.74 Å². The molecule has 2 heterocycles. The first-order valence-corrected chi connectivity index (χ1v) is 7.46. The van der Waals surface area contributed by atoms with E-state index in [1.54, 1.807) is 0 Å². The molecule has 24 heavy (non-hydrogen) atoms. The van der Waals surface area contributed by atoms with Gasteiger partial charge in [-0.15, -0.1) is 0 Å². The number of aliphatic carboxylic acids is 1. The summed E-state index contributed by atoms with van der Waals surface area (Å²) in [5, 5.41) is 10.5. The molecule has 0 N–H and O–H groups in total. The number of ether oxygens (including phenoxy) is 1. The van der Waals surface area contributed by atoms with Crippen LogP contribution < -0.4 is 5.11 Å². The van der Waals surface area contributed by atoms with Crippen molar-refractivity contribution in [3.05, 3.63) is 71.2 Å². The van der Waals surface area contributed by atoms with Gasteiger partial charge in [-0.25, -0.2) is 4.98 Å². The average Bonchev–Trinajstić information content (AvgIpc) is 2.92. The van der Waals surface area contributed by atoms with Gasteiger partial charge < -0.3 is 14.6 Å². The van der Waals surface area contributed by atoms with Gasteiger partial charge in [0, 0.05) is 11.8 Å². The fraction of sp³-hybridized carbons (Fsp3) is 0.158. The molecule has 0 unspecified atom stereocenters. The first-order chi connectivity index (χ1) is 11.6. The van der Waals surface area contributed by atoms with E-state index in [0.717, 1.165) is 11.2 Å². The lowest BCUT2D eigenvalue weighted by Gasteiger charge is -2.03. The molecular weight excluding hydrogens is 304 g/mol. The molecule has 3 aromatic rings. The molecule has 0 saturated carbocycles. The Kier molecular flexibility index (Phi) is 4.59. The first kappa shape index (κ1) is 15.8. The van der Waals surface area contributed by atoms with E-state index in [0.29, 0.717) is 11.4 Å². The maximum absolute atomic E-state index is 10.5. The van der Waals surface area contributed by atoms with Gasteiger partial charge in [-0.05, 0) is 37.1 Å². The Balaban J connectivity index is 1.95. The zero-order valence-electron chi connectivity index (χ0n) is 13.2. The van der Waals surface area contributed by atoms with E-state index in [9.17, 15) is 9.90 Å². The molecule has 0 aliphatic carbocycles. The fourth-order valence-corrected chi connectivity index (χ4v) is 2.28. The van der Waals surface area contributed by atoms with Crippen LogP contribution in [0.15, 0.2) is 48.7 Å². The predicted molar refractivity (Wildman–Crippen MR) is 87.0 cm³/mol. The molecule has 120 valence electrons. The van der Waals surface area contributed by atoms with E-state index in [1.165, 1.54) is 5.56 Å². The van der Waals surface area contributed by atoms with E-state index in [-0.39, 0.29) is 6.61 Å². The smallest absolute Gasteiger partial charge is 0.138 e. The van der Waals surface area contributed by atoms with Crippen molar-refractivity contribution < 1.29 is 14.6 Å². The Morgan fingerprint density at radius 2 is 2.00 bits per heavy atom. The number of benzene rings is 1. The highest BCUT2D eigenvalue weighted by Gasteiger charge is 2.10. The molecule has 2 aromatic heterocycles. The Morgan fingerprint density at radius 1 is 1.21 bits per heavy atom. The summed E-state index contributed by atoms with van der Waals surface area (Å²) in [5.41, 5.74) is 4.09. The zero-order valence-corrected chi connectivity index (χ0v) is 13.2. The summed E-state index contributed by atoms with van der Waals surface area (Å²) in [6.45, 7) is 1.61. The lowest BCUT2D eigenvalue weighted by atomic mass is 10.1. The number of fused-ring (bicyclic) bond motifs is 1. The van der Waals surface area contributed by atoms with Crippen molar-refractivity contribution in [1.82, 2.24) is 9.38 Å². The molecule has 3 rings (SSSR count). The number of nitrogens with zero attached hydrogens (tertiary/aromatic N) is 2. The topological polar surface area (TPSA) is 66.7 Å². The quantitative estimate of drug-likeness (QED) is 0.680. The number of rotatable bonds is 4. The van der Waals surface area contributed by atoms with Crippen LogP contribution in [0.2, 0.25) is 0 Å².